The van der Waals surface area contributed by atoms with Gasteiger partial charge in [0.05, 0.1) is 11.1 Å². The molecule has 2 saturated carbocycles. The van der Waals surface area contributed by atoms with E-state index in [1.165, 1.54) is 17.5 Å². The van der Waals surface area contributed by atoms with Crippen LogP contribution in [0.25, 0.3) is 22.5 Å². The van der Waals surface area contributed by atoms with Crippen LogP contribution >= 0.6 is 0 Å². The highest BCUT2D eigenvalue weighted by atomic mass is 16.5. The van der Waals surface area contributed by atoms with Crippen LogP contribution in [0.3, 0.4) is 0 Å². The summed E-state index contributed by atoms with van der Waals surface area (Å²) in [4.78, 5) is 11.6. The van der Waals surface area contributed by atoms with Crippen LogP contribution < -0.4 is 0 Å². The second kappa shape index (κ2) is 8.77. The van der Waals surface area contributed by atoms with Crippen molar-refractivity contribution in [3.63, 3.8) is 0 Å². The summed E-state index contributed by atoms with van der Waals surface area (Å²) in [6.45, 7) is 4.39. The molecule has 2 fully saturated rings. The highest BCUT2D eigenvalue weighted by Gasteiger charge is 2.51. The normalized spacial score (nSPS) is 20.6. The van der Waals surface area contributed by atoms with Crippen LogP contribution in [0.1, 0.15) is 54.5 Å². The van der Waals surface area contributed by atoms with E-state index in [2.05, 4.69) is 66.7 Å². The van der Waals surface area contributed by atoms with Gasteiger partial charge in [0.2, 0.25) is 0 Å². The molecule has 0 saturated heterocycles. The molecule has 0 bridgehead atoms. The summed E-state index contributed by atoms with van der Waals surface area (Å²) in [6, 6.07) is 27.2. The minimum atomic E-state index is -0.718. The predicted molar refractivity (Wildman–Crippen MR) is 141 cm³/mol. The van der Waals surface area contributed by atoms with E-state index in [-0.39, 0.29) is 0 Å². The van der Waals surface area contributed by atoms with Crippen LogP contribution in [0.4, 0.5) is 0 Å². The molecule has 3 atom stereocenters. The minimum Gasteiger partial charge on any atom is -0.481 e. The first kappa shape index (κ1) is 22.8. The van der Waals surface area contributed by atoms with Gasteiger partial charge in [-0.05, 0) is 72.6 Å². The molecule has 1 N–H and O–H groups in total. The molecule has 4 nitrogen and oxygen atoms in total. The number of carboxylic acids is 1. The number of nitrogens with zero attached hydrogens (tertiary/aromatic N) is 1. The van der Waals surface area contributed by atoms with Gasteiger partial charge in [-0.15, -0.1) is 0 Å². The highest BCUT2D eigenvalue weighted by Crippen LogP contribution is 2.53. The Morgan fingerprint density at radius 3 is 2.19 bits per heavy atom. The molecule has 0 spiro atoms. The zero-order chi connectivity index (χ0) is 24.9. The summed E-state index contributed by atoms with van der Waals surface area (Å²) in [6.07, 6.45) is 3.67. The van der Waals surface area contributed by atoms with Gasteiger partial charge in [-0.2, -0.15) is 0 Å². The van der Waals surface area contributed by atoms with E-state index >= 15 is 0 Å². The molecule has 1 unspecified atom stereocenters. The third kappa shape index (κ3) is 4.05. The lowest BCUT2D eigenvalue weighted by molar-refractivity contribution is -0.140. The molecule has 1 heterocycles. The monoisotopic (exact) mass is 477 g/mol. The Hall–Kier alpha value is -3.66. The molecule has 2 aliphatic rings. The molecule has 6 rings (SSSR count). The van der Waals surface area contributed by atoms with Crippen LogP contribution in [-0.4, -0.2) is 16.2 Å². The number of hydrogen-bond acceptors (Lipinski definition) is 3. The molecule has 4 aromatic rings. The lowest BCUT2D eigenvalue weighted by Crippen LogP contribution is -2.19. The van der Waals surface area contributed by atoms with Crippen LogP contribution in [0.15, 0.2) is 83.4 Å². The smallest absolute Gasteiger partial charge is 0.314 e. The fourth-order valence-electron chi connectivity index (χ4n) is 5.80. The Kier molecular flexibility index (Phi) is 5.55. The highest BCUT2D eigenvalue weighted by molar-refractivity contribution is 5.85. The summed E-state index contributed by atoms with van der Waals surface area (Å²) < 4.78 is 5.82. The first-order valence-corrected chi connectivity index (χ1v) is 12.9. The lowest BCUT2D eigenvalue weighted by Gasteiger charge is -2.12. The van der Waals surface area contributed by atoms with E-state index in [4.69, 9.17) is 4.52 Å². The van der Waals surface area contributed by atoms with Crippen molar-refractivity contribution >= 4 is 5.97 Å². The van der Waals surface area contributed by atoms with Crippen molar-refractivity contribution in [2.24, 2.45) is 11.8 Å². The fourth-order valence-corrected chi connectivity index (χ4v) is 5.80. The van der Waals surface area contributed by atoms with Gasteiger partial charge in [-0.1, -0.05) is 90.9 Å². The second-order valence-corrected chi connectivity index (χ2v) is 10.7. The number of carbonyl (C=O) groups is 1. The number of hydrogen-bond donors (Lipinski definition) is 1. The van der Waals surface area contributed by atoms with Gasteiger partial charge in [0.1, 0.15) is 0 Å². The maximum Gasteiger partial charge on any atom is 0.314 e. The van der Waals surface area contributed by atoms with E-state index in [9.17, 15) is 9.90 Å². The summed E-state index contributed by atoms with van der Waals surface area (Å²) in [7, 11) is 0. The molecule has 0 aliphatic heterocycles. The van der Waals surface area contributed by atoms with Gasteiger partial charge < -0.3 is 9.63 Å². The summed E-state index contributed by atoms with van der Waals surface area (Å²) >= 11 is 0. The van der Waals surface area contributed by atoms with Gasteiger partial charge >= 0.3 is 5.97 Å². The summed E-state index contributed by atoms with van der Waals surface area (Å²) in [5.41, 5.74) is 7.09. The van der Waals surface area contributed by atoms with Crippen molar-refractivity contribution in [2.75, 3.05) is 0 Å². The second-order valence-electron chi connectivity index (χ2n) is 10.7. The fraction of sp³-hybridized carbons (Fsp3) is 0.312. The maximum atomic E-state index is 11.6. The molecular weight excluding hydrogens is 446 g/mol. The Balaban J connectivity index is 1.17. The van der Waals surface area contributed by atoms with Crippen molar-refractivity contribution in [2.45, 2.75) is 50.9 Å². The van der Waals surface area contributed by atoms with Gasteiger partial charge in [0.15, 0.2) is 5.76 Å². The molecule has 0 amide bonds. The van der Waals surface area contributed by atoms with Crippen molar-refractivity contribution in [3.05, 3.63) is 101 Å². The van der Waals surface area contributed by atoms with E-state index in [1.807, 2.05) is 31.2 Å². The van der Waals surface area contributed by atoms with E-state index < -0.39 is 11.4 Å². The first-order chi connectivity index (χ1) is 17.5. The van der Waals surface area contributed by atoms with E-state index in [0.29, 0.717) is 17.8 Å². The maximum absolute atomic E-state index is 11.6. The molecular formula is C32H31NO3. The zero-order valence-electron chi connectivity index (χ0n) is 20.8. The molecule has 0 radical (unpaired) electrons. The van der Waals surface area contributed by atoms with Crippen molar-refractivity contribution in [3.8, 4) is 22.5 Å². The number of benzene rings is 3. The summed E-state index contributed by atoms with van der Waals surface area (Å²) in [5, 5.41) is 13.9. The van der Waals surface area contributed by atoms with Crippen LogP contribution in [-0.2, 0) is 16.6 Å². The van der Waals surface area contributed by atoms with Crippen molar-refractivity contribution in [1.29, 1.82) is 0 Å². The molecule has 36 heavy (non-hydrogen) atoms. The third-order valence-corrected chi connectivity index (χ3v) is 8.39. The summed E-state index contributed by atoms with van der Waals surface area (Å²) in [5.74, 6) is 2.08. The van der Waals surface area contributed by atoms with Gasteiger partial charge in [-0.3, -0.25) is 4.79 Å². The molecule has 3 aromatic carbocycles. The Morgan fingerprint density at radius 2 is 1.58 bits per heavy atom. The SMILES string of the molecule is Cc1noc(-c2ccc(-c3ccc(C4(C(=O)O)CC4)cc3)cc2)c1CC(C)[C@@H]1C[C@H]1c1ccccc1. The number of aryl methyl sites for hydroxylation is 1. The van der Waals surface area contributed by atoms with Crippen LogP contribution in [0.2, 0.25) is 0 Å². The number of aromatic nitrogens is 1. The van der Waals surface area contributed by atoms with Crippen molar-refractivity contribution < 1.29 is 14.4 Å². The minimum absolute atomic E-state index is 0.561. The standard InChI is InChI=1S/C32H31NO3/c1-20(27-19-29(27)24-6-4-3-5-7-24)18-28-21(2)33-36-30(28)25-10-8-22(9-11-25)23-12-14-26(15-13-23)32(16-17-32)31(34)35/h3-15,20,27,29H,16-19H2,1-2H3,(H,34,35)/t20?,27-,29-/m0/s1. The quantitative estimate of drug-likeness (QED) is 0.287. The zero-order valence-corrected chi connectivity index (χ0v) is 20.8. The average Bonchev–Trinajstić information content (AvgIpc) is 3.83. The van der Waals surface area contributed by atoms with Gasteiger partial charge in [-0.25, -0.2) is 0 Å². The van der Waals surface area contributed by atoms with Crippen LogP contribution in [0, 0.1) is 18.8 Å². The number of aliphatic carboxylic acids is 1. The van der Waals surface area contributed by atoms with Crippen LogP contribution in [0.5, 0.6) is 0 Å². The first-order valence-electron chi connectivity index (χ1n) is 12.9. The Morgan fingerprint density at radius 1 is 0.972 bits per heavy atom. The number of rotatable bonds is 8. The van der Waals surface area contributed by atoms with E-state index in [0.717, 1.165) is 53.0 Å². The molecule has 1 aromatic heterocycles. The molecule has 4 heteroatoms. The predicted octanol–water partition coefficient (Wildman–Crippen LogP) is 7.42. The molecule has 2 aliphatic carbocycles. The van der Waals surface area contributed by atoms with Gasteiger partial charge in [0, 0.05) is 11.1 Å². The largest absolute Gasteiger partial charge is 0.481 e. The third-order valence-electron chi connectivity index (χ3n) is 8.39. The number of carboxylic acid groups (broad SMARTS) is 1. The van der Waals surface area contributed by atoms with Crippen molar-refractivity contribution in [1.82, 2.24) is 5.16 Å². The van der Waals surface area contributed by atoms with Gasteiger partial charge in [0.25, 0.3) is 0 Å². The Bertz CT molecular complexity index is 1380. The molecule has 182 valence electrons. The topological polar surface area (TPSA) is 63.3 Å². The Labute approximate surface area is 212 Å². The lowest BCUT2D eigenvalue weighted by atomic mass is 9.91. The average molecular weight is 478 g/mol. The van der Waals surface area contributed by atoms with E-state index in [1.54, 1.807) is 0 Å².